The molecule has 1 aliphatic heterocycles. The number of hydrogen-bond donors (Lipinski definition) is 1. The van der Waals surface area contributed by atoms with E-state index in [1.54, 1.807) is 0 Å². The van der Waals surface area contributed by atoms with Gasteiger partial charge in [-0.15, -0.1) is 0 Å². The molecule has 0 spiro atoms. The molecular weight excluding hydrogens is 258 g/mol. The van der Waals surface area contributed by atoms with Gasteiger partial charge in [0.15, 0.2) is 0 Å². The number of imidazole rings is 1. The lowest BCUT2D eigenvalue weighted by Gasteiger charge is -2.25. The van der Waals surface area contributed by atoms with E-state index in [2.05, 4.69) is 62.7 Å². The second-order valence-electron chi connectivity index (χ2n) is 7.41. The van der Waals surface area contributed by atoms with Gasteiger partial charge in [0.2, 0.25) is 0 Å². The van der Waals surface area contributed by atoms with Crippen LogP contribution in [-0.4, -0.2) is 9.55 Å². The molecule has 0 bridgehead atoms. The Morgan fingerprint density at radius 2 is 1.86 bits per heavy atom. The van der Waals surface area contributed by atoms with E-state index in [4.69, 9.17) is 10.7 Å². The van der Waals surface area contributed by atoms with Crippen LogP contribution in [0.2, 0.25) is 0 Å². The Labute approximate surface area is 127 Å². The summed E-state index contributed by atoms with van der Waals surface area (Å²) in [6.45, 7) is 9.98. The molecule has 2 aromatic rings. The molecule has 1 aromatic heterocycles. The number of benzene rings is 1. The maximum atomic E-state index is 6.23. The predicted molar refractivity (Wildman–Crippen MR) is 87.1 cm³/mol. The topological polar surface area (TPSA) is 43.8 Å². The summed E-state index contributed by atoms with van der Waals surface area (Å²) in [5, 5.41) is 0. The summed E-state index contributed by atoms with van der Waals surface area (Å²) in [6, 6.07) is 8.82. The van der Waals surface area contributed by atoms with E-state index < -0.39 is 0 Å². The zero-order valence-electron chi connectivity index (χ0n) is 13.4. The van der Waals surface area contributed by atoms with Crippen LogP contribution in [0, 0.1) is 5.92 Å². The van der Waals surface area contributed by atoms with Gasteiger partial charge in [0.25, 0.3) is 0 Å². The summed E-state index contributed by atoms with van der Waals surface area (Å²) in [6.07, 6.45) is 3.18. The summed E-state index contributed by atoms with van der Waals surface area (Å²) in [5.41, 5.74) is 9.97. The van der Waals surface area contributed by atoms with Crippen molar-refractivity contribution in [2.45, 2.75) is 52.1 Å². The average Bonchev–Trinajstić information content (AvgIpc) is 2.82. The first kappa shape index (κ1) is 14.3. The van der Waals surface area contributed by atoms with E-state index in [9.17, 15) is 0 Å². The number of rotatable bonds is 1. The van der Waals surface area contributed by atoms with Crippen molar-refractivity contribution in [3.8, 4) is 11.3 Å². The fraction of sp³-hybridized carbons (Fsp3) is 0.500. The summed E-state index contributed by atoms with van der Waals surface area (Å²) in [7, 11) is 0. The van der Waals surface area contributed by atoms with Crippen molar-refractivity contribution in [3.63, 3.8) is 0 Å². The van der Waals surface area contributed by atoms with Crippen molar-refractivity contribution in [3.05, 3.63) is 41.9 Å². The Kier molecular flexibility index (Phi) is 3.40. The summed E-state index contributed by atoms with van der Waals surface area (Å²) >= 11 is 0. The minimum absolute atomic E-state index is 0.0661. The van der Waals surface area contributed by atoms with E-state index in [1.165, 1.54) is 11.1 Å². The SMILES string of the molecule is CC1CC(N)c2nc(-c3ccc(C(C)(C)C)cc3)cn2C1. The van der Waals surface area contributed by atoms with Gasteiger partial charge in [0, 0.05) is 18.3 Å². The fourth-order valence-corrected chi connectivity index (χ4v) is 3.10. The highest BCUT2D eigenvalue weighted by atomic mass is 15.1. The van der Waals surface area contributed by atoms with E-state index in [1.807, 2.05) is 0 Å². The third kappa shape index (κ3) is 2.75. The van der Waals surface area contributed by atoms with Crippen molar-refractivity contribution < 1.29 is 0 Å². The molecule has 3 nitrogen and oxygen atoms in total. The smallest absolute Gasteiger partial charge is 0.126 e. The van der Waals surface area contributed by atoms with Crippen LogP contribution in [0.25, 0.3) is 11.3 Å². The zero-order valence-corrected chi connectivity index (χ0v) is 13.4. The van der Waals surface area contributed by atoms with Crippen LogP contribution in [0.4, 0.5) is 0 Å². The van der Waals surface area contributed by atoms with Crippen LogP contribution < -0.4 is 5.73 Å². The molecule has 1 aliphatic rings. The number of hydrogen-bond acceptors (Lipinski definition) is 2. The number of nitrogens with two attached hydrogens (primary N) is 1. The Hall–Kier alpha value is -1.61. The third-order valence-electron chi connectivity index (χ3n) is 4.35. The van der Waals surface area contributed by atoms with Crippen LogP contribution in [0.5, 0.6) is 0 Å². The van der Waals surface area contributed by atoms with E-state index in [0.717, 1.165) is 24.5 Å². The third-order valence-corrected chi connectivity index (χ3v) is 4.35. The second kappa shape index (κ2) is 4.99. The van der Waals surface area contributed by atoms with Crippen molar-refractivity contribution >= 4 is 0 Å². The molecule has 0 amide bonds. The monoisotopic (exact) mass is 283 g/mol. The highest BCUT2D eigenvalue weighted by Gasteiger charge is 2.24. The molecule has 3 rings (SSSR count). The largest absolute Gasteiger partial charge is 0.333 e. The summed E-state index contributed by atoms with van der Waals surface area (Å²) < 4.78 is 2.23. The van der Waals surface area contributed by atoms with Gasteiger partial charge < -0.3 is 10.3 Å². The number of nitrogens with zero attached hydrogens (tertiary/aromatic N) is 2. The maximum absolute atomic E-state index is 6.23. The molecular formula is C18H25N3. The number of fused-ring (bicyclic) bond motifs is 1. The van der Waals surface area contributed by atoms with Crippen LogP contribution in [0.1, 0.15) is 51.5 Å². The lowest BCUT2D eigenvalue weighted by atomic mass is 9.86. The van der Waals surface area contributed by atoms with E-state index >= 15 is 0 Å². The normalized spacial score (nSPS) is 22.1. The average molecular weight is 283 g/mol. The molecule has 0 saturated heterocycles. The minimum Gasteiger partial charge on any atom is -0.333 e. The fourth-order valence-electron chi connectivity index (χ4n) is 3.10. The molecule has 21 heavy (non-hydrogen) atoms. The van der Waals surface area contributed by atoms with Crippen molar-refractivity contribution in [1.82, 2.24) is 9.55 Å². The highest BCUT2D eigenvalue weighted by molar-refractivity contribution is 5.59. The van der Waals surface area contributed by atoms with Crippen LogP contribution in [0.15, 0.2) is 30.5 Å². The predicted octanol–water partition coefficient (Wildman–Crippen LogP) is 3.89. The van der Waals surface area contributed by atoms with Crippen molar-refractivity contribution in [1.29, 1.82) is 0 Å². The first-order valence-electron chi connectivity index (χ1n) is 7.78. The zero-order chi connectivity index (χ0) is 15.2. The first-order chi connectivity index (χ1) is 9.84. The molecule has 0 radical (unpaired) electrons. The Bertz CT molecular complexity index is 631. The van der Waals surface area contributed by atoms with Gasteiger partial charge in [-0.25, -0.2) is 4.98 Å². The Morgan fingerprint density at radius 1 is 1.19 bits per heavy atom. The van der Waals surface area contributed by atoms with Gasteiger partial charge in [0.05, 0.1) is 11.7 Å². The van der Waals surface area contributed by atoms with Gasteiger partial charge in [0.1, 0.15) is 5.82 Å². The van der Waals surface area contributed by atoms with Crippen LogP contribution >= 0.6 is 0 Å². The molecule has 0 fully saturated rings. The number of aromatic nitrogens is 2. The van der Waals surface area contributed by atoms with Gasteiger partial charge in [-0.2, -0.15) is 0 Å². The van der Waals surface area contributed by atoms with Gasteiger partial charge in [-0.3, -0.25) is 0 Å². The maximum Gasteiger partial charge on any atom is 0.126 e. The lowest BCUT2D eigenvalue weighted by Crippen LogP contribution is -2.26. The first-order valence-corrected chi connectivity index (χ1v) is 7.78. The Balaban J connectivity index is 1.93. The molecule has 1 aromatic carbocycles. The standard InChI is InChI=1S/C18H25N3/c1-12-9-15(19)17-20-16(11-21(17)10-12)13-5-7-14(8-6-13)18(2,3)4/h5-8,11-12,15H,9-10,19H2,1-4H3. The van der Waals surface area contributed by atoms with Crippen LogP contribution in [-0.2, 0) is 12.0 Å². The van der Waals surface area contributed by atoms with Gasteiger partial charge in [-0.1, -0.05) is 52.0 Å². The van der Waals surface area contributed by atoms with Gasteiger partial charge >= 0.3 is 0 Å². The molecule has 2 heterocycles. The summed E-state index contributed by atoms with van der Waals surface area (Å²) in [5.74, 6) is 1.65. The molecule has 2 unspecified atom stereocenters. The van der Waals surface area contributed by atoms with Crippen LogP contribution in [0.3, 0.4) is 0 Å². The molecule has 2 atom stereocenters. The molecule has 0 aliphatic carbocycles. The Morgan fingerprint density at radius 3 is 2.48 bits per heavy atom. The molecule has 2 N–H and O–H groups in total. The van der Waals surface area contributed by atoms with E-state index in [-0.39, 0.29) is 11.5 Å². The molecule has 3 heteroatoms. The quantitative estimate of drug-likeness (QED) is 0.863. The van der Waals surface area contributed by atoms with Crippen molar-refractivity contribution in [2.24, 2.45) is 11.7 Å². The highest BCUT2D eigenvalue weighted by Crippen LogP contribution is 2.30. The summed E-state index contributed by atoms with van der Waals surface area (Å²) in [4.78, 5) is 4.77. The van der Waals surface area contributed by atoms with Gasteiger partial charge in [-0.05, 0) is 23.3 Å². The second-order valence-corrected chi connectivity index (χ2v) is 7.41. The lowest BCUT2D eigenvalue weighted by molar-refractivity contribution is 0.346. The van der Waals surface area contributed by atoms with Crippen molar-refractivity contribution in [2.75, 3.05) is 0 Å². The van der Waals surface area contributed by atoms with E-state index in [0.29, 0.717) is 5.92 Å². The minimum atomic E-state index is 0.0661. The molecule has 0 saturated carbocycles. The molecule has 112 valence electrons.